The summed E-state index contributed by atoms with van der Waals surface area (Å²) in [6, 6.07) is 0.574. The average Bonchev–Trinajstić information content (AvgIpc) is 1.94. The minimum atomic E-state index is -0.565. The zero-order valence-electron chi connectivity index (χ0n) is 7.68. The monoisotopic (exact) mass is 159 g/mol. The summed E-state index contributed by atoms with van der Waals surface area (Å²) >= 11 is 0. The molecule has 1 aliphatic rings. The van der Waals surface area contributed by atoms with Gasteiger partial charge in [-0.15, -0.1) is 0 Å². The standard InChI is InChI=1S/C9H18FN/c1-7(2)11-5-4-9(10)8(3)6-11/h7-9H,4-6H2,1-3H3/t8-,9?/m1/s1. The Labute approximate surface area is 68.6 Å². The van der Waals surface area contributed by atoms with Gasteiger partial charge in [-0.1, -0.05) is 6.92 Å². The van der Waals surface area contributed by atoms with Crippen molar-refractivity contribution in [1.29, 1.82) is 0 Å². The van der Waals surface area contributed by atoms with Crippen LogP contribution in [0.25, 0.3) is 0 Å². The maximum atomic E-state index is 13.0. The Morgan fingerprint density at radius 2 is 2.09 bits per heavy atom. The summed E-state index contributed by atoms with van der Waals surface area (Å²) < 4.78 is 13.0. The second kappa shape index (κ2) is 3.53. The first-order chi connectivity index (χ1) is 5.11. The highest BCUT2D eigenvalue weighted by Crippen LogP contribution is 2.20. The molecular formula is C9H18FN. The molecular weight excluding hydrogens is 141 g/mol. The molecule has 0 saturated carbocycles. The topological polar surface area (TPSA) is 3.24 Å². The molecule has 1 aliphatic heterocycles. The smallest absolute Gasteiger partial charge is 0.105 e. The van der Waals surface area contributed by atoms with E-state index in [-0.39, 0.29) is 5.92 Å². The van der Waals surface area contributed by atoms with Gasteiger partial charge in [-0.25, -0.2) is 4.39 Å². The number of piperidine rings is 1. The Morgan fingerprint density at radius 3 is 2.55 bits per heavy atom. The Morgan fingerprint density at radius 1 is 1.45 bits per heavy atom. The van der Waals surface area contributed by atoms with Gasteiger partial charge in [0.1, 0.15) is 6.17 Å². The normalized spacial score (nSPS) is 34.6. The first-order valence-electron chi connectivity index (χ1n) is 4.49. The lowest BCUT2D eigenvalue weighted by Crippen LogP contribution is -2.43. The molecule has 11 heavy (non-hydrogen) atoms. The van der Waals surface area contributed by atoms with Crippen molar-refractivity contribution in [3.63, 3.8) is 0 Å². The highest BCUT2D eigenvalue weighted by atomic mass is 19.1. The summed E-state index contributed by atoms with van der Waals surface area (Å²) in [6.45, 7) is 8.21. The summed E-state index contributed by atoms with van der Waals surface area (Å²) in [6.07, 6.45) is 0.157. The molecule has 0 aromatic heterocycles. The molecule has 1 heterocycles. The van der Waals surface area contributed by atoms with Crippen molar-refractivity contribution in [3.8, 4) is 0 Å². The third-order valence-electron chi connectivity index (χ3n) is 2.56. The van der Waals surface area contributed by atoms with Crippen LogP contribution < -0.4 is 0 Å². The minimum Gasteiger partial charge on any atom is -0.300 e. The lowest BCUT2D eigenvalue weighted by molar-refractivity contribution is 0.0773. The Kier molecular flexibility index (Phi) is 2.88. The van der Waals surface area contributed by atoms with Gasteiger partial charge in [0.15, 0.2) is 0 Å². The van der Waals surface area contributed by atoms with Crippen molar-refractivity contribution >= 4 is 0 Å². The highest BCUT2D eigenvalue weighted by molar-refractivity contribution is 4.78. The number of likely N-dealkylation sites (tertiary alicyclic amines) is 1. The third kappa shape index (κ3) is 2.16. The molecule has 0 aromatic carbocycles. The van der Waals surface area contributed by atoms with E-state index >= 15 is 0 Å². The fourth-order valence-electron chi connectivity index (χ4n) is 1.62. The summed E-state index contributed by atoms with van der Waals surface area (Å²) in [7, 11) is 0. The van der Waals surface area contributed by atoms with Crippen molar-refractivity contribution in [2.45, 2.75) is 39.4 Å². The SMILES string of the molecule is CC(C)N1CCC(F)[C@H](C)C1. The number of rotatable bonds is 1. The molecule has 0 aliphatic carbocycles. The van der Waals surface area contributed by atoms with Crippen LogP contribution in [0.3, 0.4) is 0 Å². The van der Waals surface area contributed by atoms with Crippen LogP contribution >= 0.6 is 0 Å². The maximum absolute atomic E-state index is 13.0. The second-order valence-corrected chi connectivity index (χ2v) is 3.87. The first-order valence-corrected chi connectivity index (χ1v) is 4.49. The first kappa shape index (κ1) is 8.98. The fourth-order valence-corrected chi connectivity index (χ4v) is 1.62. The summed E-state index contributed by atoms with van der Waals surface area (Å²) in [5.74, 6) is 0.228. The van der Waals surface area contributed by atoms with Crippen LogP contribution in [0.4, 0.5) is 4.39 Å². The zero-order valence-corrected chi connectivity index (χ0v) is 7.68. The Hall–Kier alpha value is -0.110. The van der Waals surface area contributed by atoms with Crippen LogP contribution in [-0.4, -0.2) is 30.2 Å². The molecule has 66 valence electrons. The van der Waals surface area contributed by atoms with Crippen LogP contribution in [0, 0.1) is 5.92 Å². The second-order valence-electron chi connectivity index (χ2n) is 3.87. The molecule has 1 unspecified atom stereocenters. The van der Waals surface area contributed by atoms with Crippen LogP contribution in [0.5, 0.6) is 0 Å². The predicted octanol–water partition coefficient (Wildman–Crippen LogP) is 2.07. The van der Waals surface area contributed by atoms with E-state index in [0.29, 0.717) is 6.04 Å². The average molecular weight is 159 g/mol. The van der Waals surface area contributed by atoms with Gasteiger partial charge in [-0.2, -0.15) is 0 Å². The molecule has 1 rings (SSSR count). The van der Waals surface area contributed by atoms with Crippen LogP contribution in [0.2, 0.25) is 0 Å². The number of hydrogen-bond acceptors (Lipinski definition) is 1. The highest BCUT2D eigenvalue weighted by Gasteiger charge is 2.26. The van der Waals surface area contributed by atoms with E-state index < -0.39 is 6.17 Å². The predicted molar refractivity (Wildman–Crippen MR) is 45.4 cm³/mol. The fraction of sp³-hybridized carbons (Fsp3) is 1.00. The number of halogens is 1. The Balaban J connectivity index is 2.40. The molecule has 1 nitrogen and oxygen atoms in total. The number of alkyl halides is 1. The summed E-state index contributed by atoms with van der Waals surface area (Å²) in [4.78, 5) is 2.35. The Bertz CT molecular complexity index is 125. The van der Waals surface area contributed by atoms with Gasteiger partial charge in [0, 0.05) is 25.0 Å². The van der Waals surface area contributed by atoms with E-state index in [9.17, 15) is 4.39 Å². The number of nitrogens with zero attached hydrogens (tertiary/aromatic N) is 1. The van der Waals surface area contributed by atoms with Gasteiger partial charge >= 0.3 is 0 Å². The van der Waals surface area contributed by atoms with E-state index in [0.717, 1.165) is 19.5 Å². The molecule has 0 spiro atoms. The maximum Gasteiger partial charge on any atom is 0.105 e. The van der Waals surface area contributed by atoms with Crippen molar-refractivity contribution in [2.24, 2.45) is 5.92 Å². The minimum absolute atomic E-state index is 0.228. The molecule has 2 heteroatoms. The van der Waals surface area contributed by atoms with Crippen molar-refractivity contribution in [2.75, 3.05) is 13.1 Å². The van der Waals surface area contributed by atoms with Crippen LogP contribution in [-0.2, 0) is 0 Å². The summed E-state index contributed by atoms with van der Waals surface area (Å²) in [5, 5.41) is 0. The van der Waals surface area contributed by atoms with Gasteiger partial charge in [0.05, 0.1) is 0 Å². The van der Waals surface area contributed by atoms with Crippen molar-refractivity contribution in [3.05, 3.63) is 0 Å². The van der Waals surface area contributed by atoms with Gasteiger partial charge in [0.25, 0.3) is 0 Å². The van der Waals surface area contributed by atoms with E-state index in [1.165, 1.54) is 0 Å². The quantitative estimate of drug-likeness (QED) is 0.566. The zero-order chi connectivity index (χ0) is 8.43. The van der Waals surface area contributed by atoms with Gasteiger partial charge in [0.2, 0.25) is 0 Å². The molecule has 2 atom stereocenters. The number of hydrogen-bond donors (Lipinski definition) is 0. The molecule has 0 radical (unpaired) electrons. The molecule has 0 amide bonds. The molecule has 1 fully saturated rings. The van der Waals surface area contributed by atoms with Gasteiger partial charge < -0.3 is 4.90 Å². The van der Waals surface area contributed by atoms with Crippen LogP contribution in [0.1, 0.15) is 27.2 Å². The third-order valence-corrected chi connectivity index (χ3v) is 2.56. The summed E-state index contributed by atoms with van der Waals surface area (Å²) in [5.41, 5.74) is 0. The lowest BCUT2D eigenvalue weighted by Gasteiger charge is -2.35. The van der Waals surface area contributed by atoms with E-state index in [4.69, 9.17) is 0 Å². The molecule has 0 aromatic rings. The molecule has 0 N–H and O–H groups in total. The largest absolute Gasteiger partial charge is 0.300 e. The van der Waals surface area contributed by atoms with E-state index in [1.807, 2.05) is 6.92 Å². The van der Waals surface area contributed by atoms with Crippen LogP contribution in [0.15, 0.2) is 0 Å². The van der Waals surface area contributed by atoms with E-state index in [2.05, 4.69) is 18.7 Å². The van der Waals surface area contributed by atoms with E-state index in [1.54, 1.807) is 0 Å². The lowest BCUT2D eigenvalue weighted by atomic mass is 9.97. The molecule has 1 saturated heterocycles. The molecule has 0 bridgehead atoms. The van der Waals surface area contributed by atoms with Gasteiger partial charge in [-0.05, 0) is 20.3 Å². The van der Waals surface area contributed by atoms with Gasteiger partial charge in [-0.3, -0.25) is 0 Å². The van der Waals surface area contributed by atoms with Crippen molar-refractivity contribution in [1.82, 2.24) is 4.90 Å². The van der Waals surface area contributed by atoms with Crippen molar-refractivity contribution < 1.29 is 4.39 Å².